The molecule has 1 aliphatic heterocycles. The molecule has 4 nitrogen and oxygen atoms in total. The number of morpholine rings is 1. The smallest absolute Gasteiger partial charge is 0.178 e. The third kappa shape index (κ3) is 3.65. The second kappa shape index (κ2) is 6.87. The summed E-state index contributed by atoms with van der Waals surface area (Å²) in [5.41, 5.74) is 0. The minimum absolute atomic E-state index is 0.184. The molecule has 2 fully saturated rings. The van der Waals surface area contributed by atoms with E-state index in [2.05, 4.69) is 4.90 Å². The highest BCUT2D eigenvalue weighted by Gasteiger charge is 2.35. The highest BCUT2D eigenvalue weighted by Crippen LogP contribution is 2.29. The van der Waals surface area contributed by atoms with Crippen LogP contribution in [0, 0.1) is 0 Å². The Morgan fingerprint density at radius 2 is 2.00 bits per heavy atom. The Hall–Kier alpha value is -0.620. The van der Waals surface area contributed by atoms with E-state index in [9.17, 15) is 8.42 Å². The van der Waals surface area contributed by atoms with Crippen molar-refractivity contribution in [3.8, 4) is 0 Å². The van der Waals surface area contributed by atoms with Crippen LogP contribution in [0.5, 0.6) is 0 Å². The molecule has 2 aliphatic rings. The van der Waals surface area contributed by atoms with Crippen LogP contribution in [0.2, 0.25) is 5.02 Å². The summed E-state index contributed by atoms with van der Waals surface area (Å²) in [6, 6.07) is 6.91. The van der Waals surface area contributed by atoms with Crippen molar-refractivity contribution in [3.63, 3.8) is 0 Å². The lowest BCUT2D eigenvalue weighted by molar-refractivity contribution is -0.0552. The first-order valence-electron chi connectivity index (χ1n) is 7.90. The monoisotopic (exact) mass is 343 g/mol. The highest BCUT2D eigenvalue weighted by molar-refractivity contribution is 7.91. The van der Waals surface area contributed by atoms with Gasteiger partial charge in [0, 0.05) is 17.6 Å². The molecule has 0 aromatic heterocycles. The van der Waals surface area contributed by atoms with Gasteiger partial charge in [0.15, 0.2) is 9.84 Å². The zero-order valence-electron chi connectivity index (χ0n) is 12.6. The fourth-order valence-corrected chi connectivity index (χ4v) is 4.92. The van der Waals surface area contributed by atoms with Crippen molar-refractivity contribution < 1.29 is 13.2 Å². The minimum Gasteiger partial charge on any atom is -0.375 e. The van der Waals surface area contributed by atoms with Crippen molar-refractivity contribution >= 4 is 21.4 Å². The summed E-state index contributed by atoms with van der Waals surface area (Å²) in [7, 11) is -3.22. The van der Waals surface area contributed by atoms with Gasteiger partial charge >= 0.3 is 0 Å². The van der Waals surface area contributed by atoms with E-state index in [1.165, 1.54) is 12.8 Å². The quantitative estimate of drug-likeness (QED) is 0.824. The van der Waals surface area contributed by atoms with E-state index in [-0.39, 0.29) is 5.75 Å². The van der Waals surface area contributed by atoms with E-state index in [0.29, 0.717) is 28.5 Å². The summed E-state index contributed by atoms with van der Waals surface area (Å²) in [4.78, 5) is 2.77. The van der Waals surface area contributed by atoms with E-state index in [1.54, 1.807) is 24.3 Å². The van der Waals surface area contributed by atoms with E-state index in [4.69, 9.17) is 16.3 Å². The van der Waals surface area contributed by atoms with E-state index >= 15 is 0 Å². The van der Waals surface area contributed by atoms with Gasteiger partial charge in [0.1, 0.15) is 0 Å². The summed E-state index contributed by atoms with van der Waals surface area (Å²) >= 11 is 5.81. The summed E-state index contributed by atoms with van der Waals surface area (Å²) in [5.74, 6) is 0.184. The van der Waals surface area contributed by atoms with Crippen LogP contribution >= 0.6 is 11.6 Å². The Morgan fingerprint density at radius 3 is 2.77 bits per heavy atom. The number of ether oxygens (including phenoxy) is 1. The molecular weight excluding hydrogens is 322 g/mol. The molecule has 1 saturated carbocycles. The first-order chi connectivity index (χ1) is 10.6. The number of sulfone groups is 1. The van der Waals surface area contributed by atoms with Crippen LogP contribution in [0.1, 0.15) is 25.7 Å². The maximum atomic E-state index is 12.3. The molecule has 0 N–H and O–H groups in total. The summed E-state index contributed by atoms with van der Waals surface area (Å²) in [6.07, 6.45) is 4.56. The van der Waals surface area contributed by atoms with Crippen molar-refractivity contribution in [1.82, 2.24) is 4.90 Å². The van der Waals surface area contributed by atoms with Crippen LogP contribution in [0.4, 0.5) is 0 Å². The second-order valence-corrected chi connectivity index (χ2v) is 8.62. The van der Waals surface area contributed by atoms with Crippen molar-refractivity contribution in [3.05, 3.63) is 29.3 Å². The molecule has 1 aliphatic carbocycles. The molecule has 22 heavy (non-hydrogen) atoms. The van der Waals surface area contributed by atoms with Crippen LogP contribution in [0.3, 0.4) is 0 Å². The molecule has 122 valence electrons. The summed E-state index contributed by atoms with van der Waals surface area (Å²) in [6.45, 7) is 2.52. The van der Waals surface area contributed by atoms with Gasteiger partial charge in [-0.1, -0.05) is 11.6 Å². The van der Waals surface area contributed by atoms with Crippen molar-refractivity contribution in [2.45, 2.75) is 42.7 Å². The maximum Gasteiger partial charge on any atom is 0.178 e. The topological polar surface area (TPSA) is 46.6 Å². The SMILES string of the molecule is O=S(=O)(CCCN1CCO[C@H]2CCC[C@H]21)c1ccc(Cl)cc1. The molecule has 1 saturated heterocycles. The Kier molecular flexibility index (Phi) is 5.07. The Morgan fingerprint density at radius 1 is 1.23 bits per heavy atom. The fraction of sp³-hybridized carbons (Fsp3) is 0.625. The van der Waals surface area contributed by atoms with Gasteiger partial charge in [0.25, 0.3) is 0 Å². The van der Waals surface area contributed by atoms with Gasteiger partial charge in [-0.2, -0.15) is 0 Å². The third-order valence-corrected chi connectivity index (χ3v) is 6.70. The lowest BCUT2D eigenvalue weighted by atomic mass is 10.1. The molecule has 1 aromatic carbocycles. The number of rotatable bonds is 5. The predicted molar refractivity (Wildman–Crippen MR) is 87.1 cm³/mol. The summed E-state index contributed by atoms with van der Waals surface area (Å²) < 4.78 is 30.4. The molecule has 6 heteroatoms. The molecule has 0 amide bonds. The number of hydrogen-bond donors (Lipinski definition) is 0. The minimum atomic E-state index is -3.22. The normalized spacial score (nSPS) is 26.0. The molecule has 0 spiro atoms. The van der Waals surface area contributed by atoms with Gasteiger partial charge in [-0.25, -0.2) is 8.42 Å². The number of nitrogens with zero attached hydrogens (tertiary/aromatic N) is 1. The van der Waals surface area contributed by atoms with Gasteiger partial charge in [-0.15, -0.1) is 0 Å². The second-order valence-electron chi connectivity index (χ2n) is 6.07. The van der Waals surface area contributed by atoms with Crippen LogP contribution in [0.15, 0.2) is 29.2 Å². The molecule has 0 bridgehead atoms. The standard InChI is InChI=1S/C16H22ClNO3S/c17-13-5-7-14(8-6-13)22(19,20)12-2-9-18-10-11-21-16-4-1-3-15(16)18/h5-8,15-16H,1-4,9-12H2/t15-,16+/m1/s1. The van der Waals surface area contributed by atoms with Gasteiger partial charge in [0.05, 0.1) is 23.4 Å². The van der Waals surface area contributed by atoms with Crippen molar-refractivity contribution in [1.29, 1.82) is 0 Å². The zero-order valence-corrected chi connectivity index (χ0v) is 14.2. The molecule has 1 heterocycles. The molecule has 3 rings (SSSR count). The van der Waals surface area contributed by atoms with Crippen LogP contribution in [-0.4, -0.2) is 50.9 Å². The Balaban J connectivity index is 1.55. The molecule has 1 aromatic rings. The van der Waals surface area contributed by atoms with Gasteiger partial charge in [-0.05, 0) is 56.5 Å². The van der Waals surface area contributed by atoms with E-state index in [0.717, 1.165) is 26.1 Å². The Labute approximate surface area is 137 Å². The van der Waals surface area contributed by atoms with Crippen LogP contribution < -0.4 is 0 Å². The van der Waals surface area contributed by atoms with E-state index < -0.39 is 9.84 Å². The molecule has 0 unspecified atom stereocenters. The predicted octanol–water partition coefficient (Wildman–Crippen LogP) is 2.76. The number of halogens is 1. The van der Waals surface area contributed by atoms with Gasteiger partial charge < -0.3 is 4.74 Å². The zero-order chi connectivity index (χ0) is 15.6. The lowest BCUT2D eigenvalue weighted by Gasteiger charge is -2.37. The van der Waals surface area contributed by atoms with Crippen molar-refractivity contribution in [2.24, 2.45) is 0 Å². The first kappa shape index (κ1) is 16.2. The van der Waals surface area contributed by atoms with Crippen LogP contribution in [0.25, 0.3) is 0 Å². The summed E-state index contributed by atoms with van der Waals surface area (Å²) in [5, 5.41) is 0.555. The van der Waals surface area contributed by atoms with Crippen LogP contribution in [-0.2, 0) is 14.6 Å². The first-order valence-corrected chi connectivity index (χ1v) is 9.93. The largest absolute Gasteiger partial charge is 0.375 e. The van der Waals surface area contributed by atoms with Gasteiger partial charge in [0.2, 0.25) is 0 Å². The molecule has 0 radical (unpaired) electrons. The Bertz CT molecular complexity index is 602. The fourth-order valence-electron chi connectivity index (χ4n) is 3.50. The number of hydrogen-bond acceptors (Lipinski definition) is 4. The van der Waals surface area contributed by atoms with E-state index in [1.807, 2.05) is 0 Å². The number of benzene rings is 1. The highest BCUT2D eigenvalue weighted by atomic mass is 35.5. The molecular formula is C16H22ClNO3S. The van der Waals surface area contributed by atoms with Crippen molar-refractivity contribution in [2.75, 3.05) is 25.4 Å². The average Bonchev–Trinajstić information content (AvgIpc) is 2.97. The van der Waals surface area contributed by atoms with Gasteiger partial charge in [-0.3, -0.25) is 4.90 Å². The lowest BCUT2D eigenvalue weighted by Crippen LogP contribution is -2.48. The maximum absolute atomic E-state index is 12.3. The number of fused-ring (bicyclic) bond motifs is 1. The average molecular weight is 344 g/mol. The molecule has 2 atom stereocenters. The third-order valence-electron chi connectivity index (χ3n) is 4.63.